The molecule has 0 spiro atoms. The van der Waals surface area contributed by atoms with Crippen LogP contribution in [0.2, 0.25) is 0 Å². The Balaban J connectivity index is 1.06. The quantitative estimate of drug-likeness (QED) is 0.133. The van der Waals surface area contributed by atoms with Gasteiger partial charge in [-0.3, -0.25) is 14.1 Å². The zero-order valence-corrected chi connectivity index (χ0v) is 28.4. The molecule has 1 amide bonds. The largest absolute Gasteiger partial charge is 0.385 e. The van der Waals surface area contributed by atoms with Gasteiger partial charge in [0.1, 0.15) is 5.69 Å². The lowest BCUT2D eigenvalue weighted by Gasteiger charge is -2.34. The molecule has 1 aliphatic rings. The molecule has 0 atom stereocenters. The summed E-state index contributed by atoms with van der Waals surface area (Å²) in [6.07, 6.45) is 5.17. The standard InChI is InChI=1S/C38H40N8O2S/c1-48-22-7-16-44-17-19-45(20-18-44)27-29-10-5-12-31(24-29)41-37-39-15-14-33(42-37)36-35(43-38-46(36)21-23-49-38)30-11-6-13-32(26-30)40-34(47)25-28-8-3-2-4-9-28/h2-6,8-15,21,23-24,26H,7,16-20,22,25,27H2,1H3,(H,40,47)(H,39,41,42). The van der Waals surface area contributed by atoms with Crippen molar-refractivity contribution in [2.75, 3.05) is 57.1 Å². The van der Waals surface area contributed by atoms with Crippen molar-refractivity contribution >= 4 is 39.5 Å². The number of nitrogens with zero attached hydrogens (tertiary/aromatic N) is 6. The predicted octanol–water partition coefficient (Wildman–Crippen LogP) is 6.60. The molecule has 0 aliphatic carbocycles. The van der Waals surface area contributed by atoms with E-state index in [4.69, 9.17) is 14.7 Å². The minimum atomic E-state index is -0.0683. The maximum atomic E-state index is 12.8. The van der Waals surface area contributed by atoms with Gasteiger partial charge in [-0.25, -0.2) is 15.0 Å². The molecule has 10 nitrogen and oxygen atoms in total. The molecule has 1 fully saturated rings. The molecule has 0 radical (unpaired) electrons. The van der Waals surface area contributed by atoms with Crippen LogP contribution < -0.4 is 10.6 Å². The number of carbonyl (C=O) groups is 1. The third-order valence-electron chi connectivity index (χ3n) is 8.66. The fourth-order valence-corrected chi connectivity index (χ4v) is 6.97. The number of anilines is 3. The highest BCUT2D eigenvalue weighted by Crippen LogP contribution is 2.35. The number of aromatic nitrogens is 4. The van der Waals surface area contributed by atoms with E-state index in [1.54, 1.807) is 24.6 Å². The van der Waals surface area contributed by atoms with Gasteiger partial charge in [-0.2, -0.15) is 0 Å². The fourth-order valence-electron chi connectivity index (χ4n) is 6.25. The number of amides is 1. The van der Waals surface area contributed by atoms with Crippen LogP contribution in [0.25, 0.3) is 27.6 Å². The van der Waals surface area contributed by atoms with Crippen molar-refractivity contribution in [2.45, 2.75) is 19.4 Å². The molecule has 1 aliphatic heterocycles. The fraction of sp³-hybridized carbons (Fsp3) is 0.263. The van der Waals surface area contributed by atoms with Crippen LogP contribution in [0.5, 0.6) is 0 Å². The summed E-state index contributed by atoms with van der Waals surface area (Å²) in [5.74, 6) is 0.443. The average Bonchev–Trinajstić information content (AvgIpc) is 3.72. The van der Waals surface area contributed by atoms with Crippen LogP contribution in [0.15, 0.2) is 103 Å². The number of methoxy groups -OCH3 is 1. The summed E-state index contributed by atoms with van der Waals surface area (Å²) in [4.78, 5) is 33.2. The number of ether oxygens (including phenoxy) is 1. The summed E-state index contributed by atoms with van der Waals surface area (Å²) in [5.41, 5.74) is 7.17. The van der Waals surface area contributed by atoms with E-state index < -0.39 is 0 Å². The van der Waals surface area contributed by atoms with Crippen LogP contribution in [0, 0.1) is 0 Å². The number of thiazole rings is 1. The second-order valence-electron chi connectivity index (χ2n) is 12.2. The highest BCUT2D eigenvalue weighted by Gasteiger charge is 2.20. The van der Waals surface area contributed by atoms with E-state index in [9.17, 15) is 4.79 Å². The van der Waals surface area contributed by atoms with Crippen molar-refractivity contribution < 1.29 is 9.53 Å². The van der Waals surface area contributed by atoms with Crippen LogP contribution >= 0.6 is 11.3 Å². The van der Waals surface area contributed by atoms with Gasteiger partial charge < -0.3 is 20.3 Å². The minimum Gasteiger partial charge on any atom is -0.385 e. The predicted molar refractivity (Wildman–Crippen MR) is 196 cm³/mol. The Kier molecular flexibility index (Phi) is 10.3. The lowest BCUT2D eigenvalue weighted by Crippen LogP contribution is -2.46. The van der Waals surface area contributed by atoms with Gasteiger partial charge in [0.25, 0.3) is 0 Å². The van der Waals surface area contributed by atoms with Gasteiger partial charge in [-0.05, 0) is 47.9 Å². The van der Waals surface area contributed by atoms with E-state index in [1.165, 1.54) is 5.56 Å². The maximum Gasteiger partial charge on any atom is 0.228 e. The third kappa shape index (κ3) is 8.21. The Morgan fingerprint density at radius 2 is 1.67 bits per heavy atom. The lowest BCUT2D eigenvalue weighted by molar-refractivity contribution is -0.115. The van der Waals surface area contributed by atoms with Gasteiger partial charge in [0.2, 0.25) is 11.9 Å². The Morgan fingerprint density at radius 1 is 0.878 bits per heavy atom. The molecule has 1 saturated heterocycles. The zero-order valence-electron chi connectivity index (χ0n) is 27.6. The Bertz CT molecular complexity index is 2000. The Hall–Kier alpha value is -4.94. The first kappa shape index (κ1) is 32.6. The highest BCUT2D eigenvalue weighted by molar-refractivity contribution is 7.15. The van der Waals surface area contributed by atoms with Crippen LogP contribution in [-0.4, -0.2) is 81.5 Å². The number of fused-ring (bicyclic) bond motifs is 1. The number of piperazine rings is 1. The third-order valence-corrected chi connectivity index (χ3v) is 9.42. The molecule has 3 aromatic heterocycles. The first-order valence-corrected chi connectivity index (χ1v) is 17.5. The Labute approximate surface area is 290 Å². The molecule has 0 saturated carbocycles. The van der Waals surface area contributed by atoms with E-state index in [1.807, 2.05) is 78.3 Å². The van der Waals surface area contributed by atoms with Crippen molar-refractivity contribution in [1.82, 2.24) is 29.2 Å². The van der Waals surface area contributed by atoms with E-state index in [0.29, 0.717) is 12.4 Å². The second kappa shape index (κ2) is 15.5. The van der Waals surface area contributed by atoms with Gasteiger partial charge in [0, 0.05) is 87.7 Å². The van der Waals surface area contributed by atoms with E-state index in [2.05, 4.69) is 48.0 Å². The number of hydrogen-bond acceptors (Lipinski definition) is 9. The number of nitrogens with one attached hydrogen (secondary N) is 2. The number of rotatable bonds is 13. The number of benzene rings is 3. The van der Waals surface area contributed by atoms with Gasteiger partial charge in [-0.1, -0.05) is 54.6 Å². The number of carbonyl (C=O) groups excluding carboxylic acids is 1. The minimum absolute atomic E-state index is 0.0683. The molecular weight excluding hydrogens is 633 g/mol. The molecule has 6 aromatic rings. The molecule has 49 heavy (non-hydrogen) atoms. The number of imidazole rings is 1. The lowest BCUT2D eigenvalue weighted by atomic mass is 10.1. The van der Waals surface area contributed by atoms with Gasteiger partial charge >= 0.3 is 0 Å². The topological polar surface area (TPSA) is 99.9 Å². The van der Waals surface area contributed by atoms with Crippen LogP contribution in [0.1, 0.15) is 17.5 Å². The van der Waals surface area contributed by atoms with Gasteiger partial charge in [0.05, 0.1) is 17.8 Å². The van der Waals surface area contributed by atoms with E-state index in [-0.39, 0.29) is 5.91 Å². The van der Waals surface area contributed by atoms with Crippen molar-refractivity contribution in [3.63, 3.8) is 0 Å². The molecule has 0 bridgehead atoms. The molecule has 11 heteroatoms. The molecule has 3 aromatic carbocycles. The van der Waals surface area contributed by atoms with Crippen LogP contribution in [0.4, 0.5) is 17.3 Å². The highest BCUT2D eigenvalue weighted by atomic mass is 32.1. The monoisotopic (exact) mass is 672 g/mol. The van der Waals surface area contributed by atoms with Crippen LogP contribution in [-0.2, 0) is 22.5 Å². The van der Waals surface area contributed by atoms with Crippen molar-refractivity contribution in [3.8, 4) is 22.6 Å². The maximum absolute atomic E-state index is 12.8. The summed E-state index contributed by atoms with van der Waals surface area (Å²) in [7, 11) is 1.76. The summed E-state index contributed by atoms with van der Waals surface area (Å²) in [6.45, 7) is 7.11. The summed E-state index contributed by atoms with van der Waals surface area (Å²) < 4.78 is 7.27. The Morgan fingerprint density at radius 3 is 2.53 bits per heavy atom. The second-order valence-corrected chi connectivity index (χ2v) is 13.1. The molecule has 0 unspecified atom stereocenters. The van der Waals surface area contributed by atoms with Crippen molar-refractivity contribution in [3.05, 3.63) is 114 Å². The summed E-state index contributed by atoms with van der Waals surface area (Å²) >= 11 is 1.57. The summed E-state index contributed by atoms with van der Waals surface area (Å²) in [5, 5.41) is 8.50. The van der Waals surface area contributed by atoms with Gasteiger partial charge in [0.15, 0.2) is 4.96 Å². The first-order chi connectivity index (χ1) is 24.1. The first-order valence-electron chi connectivity index (χ1n) is 16.6. The average molecular weight is 673 g/mol. The number of hydrogen-bond donors (Lipinski definition) is 2. The van der Waals surface area contributed by atoms with Gasteiger partial charge in [-0.15, -0.1) is 11.3 Å². The van der Waals surface area contributed by atoms with E-state index in [0.717, 1.165) is 96.8 Å². The SMILES string of the molecule is COCCCN1CCN(Cc2cccc(Nc3nccc(-c4c(-c5cccc(NC(=O)Cc6ccccc6)c5)nc5sccn45)n3)c2)CC1. The summed E-state index contributed by atoms with van der Waals surface area (Å²) in [6, 6.07) is 27.9. The zero-order chi connectivity index (χ0) is 33.4. The normalized spacial score (nSPS) is 13.9. The van der Waals surface area contributed by atoms with Crippen molar-refractivity contribution in [2.24, 2.45) is 0 Å². The molecule has 2 N–H and O–H groups in total. The molecule has 250 valence electrons. The van der Waals surface area contributed by atoms with E-state index >= 15 is 0 Å². The molecule has 4 heterocycles. The molecule has 7 rings (SSSR count). The van der Waals surface area contributed by atoms with Crippen LogP contribution in [0.3, 0.4) is 0 Å². The smallest absolute Gasteiger partial charge is 0.228 e. The molecular formula is C38H40N8O2S. The van der Waals surface area contributed by atoms with Crippen molar-refractivity contribution in [1.29, 1.82) is 0 Å².